The van der Waals surface area contributed by atoms with Crippen molar-refractivity contribution in [3.63, 3.8) is 0 Å². The van der Waals surface area contributed by atoms with E-state index in [1.54, 1.807) is 12.1 Å². The molecule has 0 heterocycles. The van der Waals surface area contributed by atoms with Gasteiger partial charge in [0.1, 0.15) is 0 Å². The van der Waals surface area contributed by atoms with E-state index in [0.29, 0.717) is 16.1 Å². The van der Waals surface area contributed by atoms with Crippen LogP contribution >= 0.6 is 15.9 Å². The smallest absolute Gasteiger partial charge is 0.336 e. The number of carboxylic acids is 1. The van der Waals surface area contributed by atoms with Crippen molar-refractivity contribution in [1.82, 2.24) is 5.32 Å². The Morgan fingerprint density at radius 2 is 2.05 bits per heavy atom. The molecule has 2 amide bonds. The van der Waals surface area contributed by atoms with Gasteiger partial charge < -0.3 is 15.7 Å². The molecule has 3 atom stereocenters. The van der Waals surface area contributed by atoms with Gasteiger partial charge in [-0.2, -0.15) is 0 Å². The SMILES string of the molecule is O=C(Nc1ccc(Br)c(C(=O)O)c1)NC1CC2CCC1C2. The van der Waals surface area contributed by atoms with Crippen molar-refractivity contribution in [1.29, 1.82) is 0 Å². The fourth-order valence-corrected chi connectivity index (χ4v) is 3.94. The van der Waals surface area contributed by atoms with E-state index in [9.17, 15) is 9.59 Å². The first-order valence-corrected chi connectivity index (χ1v) is 7.92. The molecule has 0 aromatic heterocycles. The van der Waals surface area contributed by atoms with E-state index in [1.807, 2.05) is 0 Å². The molecule has 112 valence electrons. The molecule has 2 saturated carbocycles. The van der Waals surface area contributed by atoms with E-state index in [4.69, 9.17) is 5.11 Å². The van der Waals surface area contributed by atoms with Gasteiger partial charge in [0, 0.05) is 16.2 Å². The first-order valence-electron chi connectivity index (χ1n) is 7.13. The second-order valence-electron chi connectivity index (χ2n) is 5.88. The van der Waals surface area contributed by atoms with Crippen molar-refractivity contribution < 1.29 is 14.7 Å². The number of fused-ring (bicyclic) bond motifs is 2. The molecule has 0 radical (unpaired) electrons. The van der Waals surface area contributed by atoms with Crippen LogP contribution in [-0.2, 0) is 0 Å². The molecule has 2 aliphatic rings. The molecule has 1 aromatic carbocycles. The molecule has 3 unspecified atom stereocenters. The number of aromatic carboxylic acids is 1. The lowest BCUT2D eigenvalue weighted by Crippen LogP contribution is -2.41. The summed E-state index contributed by atoms with van der Waals surface area (Å²) in [5.41, 5.74) is 0.615. The van der Waals surface area contributed by atoms with Gasteiger partial charge in [0.15, 0.2) is 0 Å². The Labute approximate surface area is 131 Å². The van der Waals surface area contributed by atoms with Crippen molar-refractivity contribution in [2.24, 2.45) is 11.8 Å². The van der Waals surface area contributed by atoms with Crippen LogP contribution in [0.2, 0.25) is 0 Å². The normalized spacial score (nSPS) is 26.6. The molecule has 0 saturated heterocycles. The topological polar surface area (TPSA) is 78.4 Å². The number of halogens is 1. The summed E-state index contributed by atoms with van der Waals surface area (Å²) in [5, 5.41) is 14.8. The number of hydrogen-bond donors (Lipinski definition) is 3. The van der Waals surface area contributed by atoms with Crippen LogP contribution in [0, 0.1) is 11.8 Å². The lowest BCUT2D eigenvalue weighted by atomic mass is 9.95. The largest absolute Gasteiger partial charge is 0.478 e. The van der Waals surface area contributed by atoms with Crippen LogP contribution < -0.4 is 10.6 Å². The predicted octanol–water partition coefficient (Wildman–Crippen LogP) is 3.46. The lowest BCUT2D eigenvalue weighted by Gasteiger charge is -2.23. The quantitative estimate of drug-likeness (QED) is 0.779. The van der Waals surface area contributed by atoms with E-state index < -0.39 is 5.97 Å². The van der Waals surface area contributed by atoms with Crippen LogP contribution in [0.1, 0.15) is 36.0 Å². The van der Waals surface area contributed by atoms with Crippen molar-refractivity contribution in [3.8, 4) is 0 Å². The summed E-state index contributed by atoms with van der Waals surface area (Å²) in [5.74, 6) is 0.353. The van der Waals surface area contributed by atoms with Gasteiger partial charge >= 0.3 is 12.0 Å². The maximum Gasteiger partial charge on any atom is 0.336 e. The van der Waals surface area contributed by atoms with Crippen molar-refractivity contribution >= 4 is 33.6 Å². The fourth-order valence-electron chi connectivity index (χ4n) is 3.52. The second-order valence-corrected chi connectivity index (χ2v) is 6.73. The number of rotatable bonds is 3. The third kappa shape index (κ3) is 3.05. The number of benzene rings is 1. The number of hydrogen-bond acceptors (Lipinski definition) is 2. The fraction of sp³-hybridized carbons (Fsp3) is 0.467. The van der Waals surface area contributed by atoms with Gasteiger partial charge in [-0.15, -0.1) is 0 Å². The lowest BCUT2D eigenvalue weighted by molar-refractivity contribution is 0.0696. The van der Waals surface area contributed by atoms with Gasteiger partial charge in [0.05, 0.1) is 5.56 Å². The summed E-state index contributed by atoms with van der Waals surface area (Å²) >= 11 is 3.18. The first kappa shape index (κ1) is 14.4. The molecule has 3 N–H and O–H groups in total. The standard InChI is InChI=1S/C15H17BrN2O3/c16-12-4-3-10(7-11(12)14(19)20)17-15(21)18-13-6-8-1-2-9(13)5-8/h3-4,7-9,13H,1-2,5-6H2,(H,19,20)(H2,17,18,21). The molecule has 2 fully saturated rings. The van der Waals surface area contributed by atoms with Gasteiger partial charge in [0.25, 0.3) is 0 Å². The molecule has 2 aliphatic carbocycles. The molecular formula is C15H17BrN2O3. The molecule has 3 rings (SSSR count). The van der Waals surface area contributed by atoms with Crippen molar-refractivity contribution in [3.05, 3.63) is 28.2 Å². The van der Waals surface area contributed by atoms with E-state index in [2.05, 4.69) is 26.6 Å². The maximum absolute atomic E-state index is 12.0. The Bertz CT molecular complexity index is 590. The Kier molecular flexibility index (Phi) is 3.89. The minimum absolute atomic E-state index is 0.132. The average Bonchev–Trinajstić information content (AvgIpc) is 3.03. The van der Waals surface area contributed by atoms with E-state index in [0.717, 1.165) is 12.3 Å². The second kappa shape index (κ2) is 5.67. The Balaban J connectivity index is 1.62. The number of amides is 2. The summed E-state index contributed by atoms with van der Waals surface area (Å²) in [7, 11) is 0. The summed E-state index contributed by atoms with van der Waals surface area (Å²) < 4.78 is 0.495. The first-order chi connectivity index (χ1) is 10.0. The third-order valence-corrected chi connectivity index (χ3v) is 5.20. The third-order valence-electron chi connectivity index (χ3n) is 4.51. The van der Waals surface area contributed by atoms with Crippen molar-refractivity contribution in [2.75, 3.05) is 5.32 Å². The molecule has 6 heteroatoms. The monoisotopic (exact) mass is 352 g/mol. The zero-order chi connectivity index (χ0) is 15.0. The Morgan fingerprint density at radius 3 is 2.67 bits per heavy atom. The predicted molar refractivity (Wildman–Crippen MR) is 82.5 cm³/mol. The van der Waals surface area contributed by atoms with E-state index in [1.165, 1.54) is 25.3 Å². The van der Waals surface area contributed by atoms with Gasteiger partial charge in [-0.25, -0.2) is 9.59 Å². The zero-order valence-electron chi connectivity index (χ0n) is 11.4. The molecule has 2 bridgehead atoms. The molecule has 21 heavy (non-hydrogen) atoms. The van der Waals surface area contributed by atoms with Crippen LogP contribution in [0.4, 0.5) is 10.5 Å². The number of urea groups is 1. The van der Waals surface area contributed by atoms with Gasteiger partial charge in [-0.3, -0.25) is 0 Å². The maximum atomic E-state index is 12.0. The molecule has 0 spiro atoms. The average molecular weight is 353 g/mol. The minimum Gasteiger partial charge on any atom is -0.478 e. The summed E-state index contributed by atoms with van der Waals surface area (Å²) in [6.45, 7) is 0. The number of carbonyl (C=O) groups excluding carboxylic acids is 1. The molecule has 0 aliphatic heterocycles. The van der Waals surface area contributed by atoms with Gasteiger partial charge in [-0.05, 0) is 65.2 Å². The van der Waals surface area contributed by atoms with Crippen LogP contribution in [0.3, 0.4) is 0 Å². The minimum atomic E-state index is -1.03. The summed E-state index contributed by atoms with van der Waals surface area (Å²) in [6, 6.07) is 4.75. The van der Waals surface area contributed by atoms with E-state index >= 15 is 0 Å². The number of nitrogens with one attached hydrogen (secondary N) is 2. The highest BCUT2D eigenvalue weighted by Crippen LogP contribution is 2.44. The van der Waals surface area contributed by atoms with Gasteiger partial charge in [-0.1, -0.05) is 6.42 Å². The summed E-state index contributed by atoms with van der Waals surface area (Å²) in [6.07, 6.45) is 4.79. The van der Waals surface area contributed by atoms with Crippen molar-refractivity contribution in [2.45, 2.75) is 31.7 Å². The molecular weight excluding hydrogens is 336 g/mol. The van der Waals surface area contributed by atoms with E-state index in [-0.39, 0.29) is 17.6 Å². The highest BCUT2D eigenvalue weighted by molar-refractivity contribution is 9.10. The molecule has 1 aromatic rings. The Hall–Kier alpha value is -1.56. The van der Waals surface area contributed by atoms with Gasteiger partial charge in [0.2, 0.25) is 0 Å². The number of carbonyl (C=O) groups is 2. The van der Waals surface area contributed by atoms with Crippen LogP contribution in [-0.4, -0.2) is 23.1 Å². The Morgan fingerprint density at radius 1 is 1.24 bits per heavy atom. The van der Waals surface area contributed by atoms with Crippen LogP contribution in [0.25, 0.3) is 0 Å². The highest BCUT2D eigenvalue weighted by atomic mass is 79.9. The highest BCUT2D eigenvalue weighted by Gasteiger charge is 2.40. The number of anilines is 1. The van der Waals surface area contributed by atoms with Crippen LogP contribution in [0.15, 0.2) is 22.7 Å². The summed E-state index contributed by atoms with van der Waals surface area (Å²) in [4.78, 5) is 23.1. The van der Waals surface area contributed by atoms with Crippen LogP contribution in [0.5, 0.6) is 0 Å². The zero-order valence-corrected chi connectivity index (χ0v) is 13.0. The number of carboxylic acid groups (broad SMARTS) is 1. The molecule has 5 nitrogen and oxygen atoms in total.